The second-order valence-electron chi connectivity index (χ2n) is 2.83. The molecule has 0 unspecified atom stereocenters. The van der Waals surface area contributed by atoms with Gasteiger partial charge in [-0.15, -0.1) is 0 Å². The molecule has 0 fully saturated rings. The number of aromatic nitrogens is 1. The highest BCUT2D eigenvalue weighted by atomic mass is 35.5. The average molecular weight is 285 g/mol. The van der Waals surface area contributed by atoms with Crippen molar-refractivity contribution in [1.82, 2.24) is 9.71 Å². The Balaban J connectivity index is 2.86. The zero-order valence-electron chi connectivity index (χ0n) is 8.41. The van der Waals surface area contributed by atoms with Crippen LogP contribution in [0.3, 0.4) is 0 Å². The Bertz CT molecular complexity index is 464. The lowest BCUT2D eigenvalue weighted by Crippen LogP contribution is -2.27. The van der Waals surface area contributed by atoms with Crippen LogP contribution in [0.4, 0.5) is 0 Å². The Morgan fingerprint density at radius 1 is 1.50 bits per heavy atom. The standard InChI is InChI=1S/C8H10Cl2N2O3S/c1-15-3-2-12-16(13,14)6-4-7(9)8(10)11-5-6/h4-5,12H,2-3H2,1H3. The fourth-order valence-electron chi connectivity index (χ4n) is 0.912. The van der Waals surface area contributed by atoms with Gasteiger partial charge in [-0.25, -0.2) is 18.1 Å². The minimum atomic E-state index is -3.61. The largest absolute Gasteiger partial charge is 0.383 e. The van der Waals surface area contributed by atoms with E-state index in [9.17, 15) is 8.42 Å². The summed E-state index contributed by atoms with van der Waals surface area (Å²) in [6.07, 6.45) is 1.14. The Morgan fingerprint density at radius 3 is 2.75 bits per heavy atom. The number of nitrogens with one attached hydrogen (secondary N) is 1. The van der Waals surface area contributed by atoms with Crippen molar-refractivity contribution < 1.29 is 13.2 Å². The van der Waals surface area contributed by atoms with Crippen LogP contribution in [0.15, 0.2) is 17.2 Å². The molecule has 0 aliphatic rings. The van der Waals surface area contributed by atoms with Crippen LogP contribution in [0.2, 0.25) is 10.2 Å². The van der Waals surface area contributed by atoms with Crippen molar-refractivity contribution in [2.24, 2.45) is 0 Å². The van der Waals surface area contributed by atoms with Crippen molar-refractivity contribution in [1.29, 1.82) is 0 Å². The highest BCUT2D eigenvalue weighted by molar-refractivity contribution is 7.89. The van der Waals surface area contributed by atoms with E-state index >= 15 is 0 Å². The second-order valence-corrected chi connectivity index (χ2v) is 5.37. The van der Waals surface area contributed by atoms with Crippen molar-refractivity contribution >= 4 is 33.2 Å². The molecule has 0 saturated carbocycles. The highest BCUT2D eigenvalue weighted by Gasteiger charge is 2.15. The molecule has 0 aromatic carbocycles. The Kier molecular flexibility index (Phi) is 4.94. The summed E-state index contributed by atoms with van der Waals surface area (Å²) in [6, 6.07) is 1.24. The van der Waals surface area contributed by atoms with Gasteiger partial charge in [0.15, 0.2) is 0 Å². The molecule has 1 heterocycles. The zero-order chi connectivity index (χ0) is 12.2. The van der Waals surface area contributed by atoms with Crippen LogP contribution in [-0.4, -0.2) is 33.7 Å². The molecular weight excluding hydrogens is 275 g/mol. The number of pyridine rings is 1. The molecule has 90 valence electrons. The van der Waals surface area contributed by atoms with E-state index in [1.165, 1.54) is 13.2 Å². The van der Waals surface area contributed by atoms with Gasteiger partial charge < -0.3 is 4.74 Å². The normalized spacial score (nSPS) is 11.7. The van der Waals surface area contributed by atoms with Gasteiger partial charge in [0.05, 0.1) is 11.6 Å². The molecule has 8 heteroatoms. The molecule has 0 aliphatic heterocycles. The van der Waals surface area contributed by atoms with Gasteiger partial charge in [0, 0.05) is 19.9 Å². The second kappa shape index (κ2) is 5.79. The SMILES string of the molecule is COCCNS(=O)(=O)c1cnc(Cl)c(Cl)c1. The maximum absolute atomic E-state index is 11.7. The predicted molar refractivity (Wildman–Crippen MR) is 61.3 cm³/mol. The van der Waals surface area contributed by atoms with E-state index < -0.39 is 10.0 Å². The fourth-order valence-corrected chi connectivity index (χ4v) is 2.23. The van der Waals surface area contributed by atoms with Crippen LogP contribution in [0, 0.1) is 0 Å². The number of ether oxygens (including phenoxy) is 1. The Morgan fingerprint density at radius 2 is 2.19 bits per heavy atom. The molecule has 0 saturated heterocycles. The number of hydrogen-bond donors (Lipinski definition) is 1. The molecule has 1 aromatic rings. The van der Waals surface area contributed by atoms with E-state index in [-0.39, 0.29) is 28.2 Å². The van der Waals surface area contributed by atoms with Crippen molar-refractivity contribution in [2.75, 3.05) is 20.3 Å². The minimum absolute atomic E-state index is 0.0296. The van der Waals surface area contributed by atoms with E-state index in [1.807, 2.05) is 0 Å². The van der Waals surface area contributed by atoms with Crippen LogP contribution in [-0.2, 0) is 14.8 Å². The molecule has 0 radical (unpaired) electrons. The Labute approximate surface area is 104 Å². The van der Waals surface area contributed by atoms with Gasteiger partial charge in [-0.2, -0.15) is 0 Å². The fraction of sp³-hybridized carbons (Fsp3) is 0.375. The summed E-state index contributed by atoms with van der Waals surface area (Å²) in [5.74, 6) is 0. The third-order valence-electron chi connectivity index (χ3n) is 1.68. The van der Waals surface area contributed by atoms with Crippen LogP contribution < -0.4 is 4.72 Å². The molecule has 16 heavy (non-hydrogen) atoms. The Hall–Kier alpha value is -0.400. The summed E-state index contributed by atoms with van der Waals surface area (Å²) in [7, 11) is -2.13. The molecule has 0 bridgehead atoms. The smallest absolute Gasteiger partial charge is 0.242 e. The first-order valence-electron chi connectivity index (χ1n) is 4.27. The highest BCUT2D eigenvalue weighted by Crippen LogP contribution is 2.21. The molecule has 1 aromatic heterocycles. The van der Waals surface area contributed by atoms with Gasteiger partial charge in [0.2, 0.25) is 10.0 Å². The predicted octanol–water partition coefficient (Wildman–Crippen LogP) is 1.31. The van der Waals surface area contributed by atoms with Crippen LogP contribution in [0.5, 0.6) is 0 Å². The average Bonchev–Trinajstić information content (AvgIpc) is 2.22. The third kappa shape index (κ3) is 3.57. The summed E-state index contributed by atoms with van der Waals surface area (Å²) in [6.45, 7) is 0.465. The van der Waals surface area contributed by atoms with Crippen molar-refractivity contribution in [3.8, 4) is 0 Å². The van der Waals surface area contributed by atoms with Crippen molar-refractivity contribution in [3.05, 3.63) is 22.4 Å². The van der Waals surface area contributed by atoms with Crippen molar-refractivity contribution in [2.45, 2.75) is 4.90 Å². The number of hydrogen-bond acceptors (Lipinski definition) is 4. The number of nitrogens with zero attached hydrogens (tertiary/aromatic N) is 1. The molecule has 0 amide bonds. The zero-order valence-corrected chi connectivity index (χ0v) is 10.7. The molecule has 0 spiro atoms. The van der Waals surface area contributed by atoms with Gasteiger partial charge >= 0.3 is 0 Å². The monoisotopic (exact) mass is 284 g/mol. The molecule has 5 nitrogen and oxygen atoms in total. The summed E-state index contributed by atoms with van der Waals surface area (Å²) in [4.78, 5) is 3.63. The first-order valence-corrected chi connectivity index (χ1v) is 6.51. The van der Waals surface area contributed by atoms with Gasteiger partial charge in [0.1, 0.15) is 10.0 Å². The number of rotatable bonds is 5. The number of sulfonamides is 1. The van der Waals surface area contributed by atoms with Crippen LogP contribution in [0.25, 0.3) is 0 Å². The van der Waals surface area contributed by atoms with Gasteiger partial charge in [0.25, 0.3) is 0 Å². The van der Waals surface area contributed by atoms with E-state index in [1.54, 1.807) is 0 Å². The molecule has 0 atom stereocenters. The minimum Gasteiger partial charge on any atom is -0.383 e. The summed E-state index contributed by atoms with van der Waals surface area (Å²) >= 11 is 11.2. The van der Waals surface area contributed by atoms with E-state index in [2.05, 4.69) is 9.71 Å². The van der Waals surface area contributed by atoms with E-state index in [0.717, 1.165) is 6.20 Å². The van der Waals surface area contributed by atoms with Crippen molar-refractivity contribution in [3.63, 3.8) is 0 Å². The van der Waals surface area contributed by atoms with E-state index in [0.29, 0.717) is 0 Å². The molecule has 1 rings (SSSR count). The lowest BCUT2D eigenvalue weighted by atomic mass is 10.5. The third-order valence-corrected chi connectivity index (χ3v) is 3.79. The summed E-state index contributed by atoms with van der Waals surface area (Å²) in [5, 5.41) is 0.161. The van der Waals surface area contributed by atoms with Crippen LogP contribution in [0.1, 0.15) is 0 Å². The topological polar surface area (TPSA) is 68.3 Å². The van der Waals surface area contributed by atoms with Gasteiger partial charge in [-0.1, -0.05) is 23.2 Å². The van der Waals surface area contributed by atoms with E-state index in [4.69, 9.17) is 27.9 Å². The maximum atomic E-state index is 11.7. The van der Waals surface area contributed by atoms with Crippen LogP contribution >= 0.6 is 23.2 Å². The maximum Gasteiger partial charge on any atom is 0.242 e. The van der Waals surface area contributed by atoms with Gasteiger partial charge in [-0.05, 0) is 6.07 Å². The number of methoxy groups -OCH3 is 1. The van der Waals surface area contributed by atoms with Gasteiger partial charge in [-0.3, -0.25) is 0 Å². The molecular formula is C8H10Cl2N2O3S. The lowest BCUT2D eigenvalue weighted by molar-refractivity contribution is 0.204. The first kappa shape index (κ1) is 13.7. The quantitative estimate of drug-likeness (QED) is 0.654. The number of halogens is 2. The first-order chi connectivity index (χ1) is 7.47. The molecule has 1 N–H and O–H groups in total. The summed E-state index contributed by atoms with van der Waals surface area (Å²) in [5.41, 5.74) is 0. The molecule has 0 aliphatic carbocycles. The summed E-state index contributed by atoms with van der Waals surface area (Å²) < 4.78 is 30.4. The lowest BCUT2D eigenvalue weighted by Gasteiger charge is -2.06.